The molecule has 1 saturated heterocycles. The third-order valence-electron chi connectivity index (χ3n) is 4.55. The van der Waals surface area contributed by atoms with Crippen LogP contribution in [0.4, 0.5) is 5.69 Å². The smallest absolute Gasteiger partial charge is 0.0991 e. The molecule has 2 aliphatic rings. The van der Waals surface area contributed by atoms with Crippen LogP contribution < -0.4 is 10.2 Å². The van der Waals surface area contributed by atoms with Gasteiger partial charge >= 0.3 is 0 Å². The molecule has 0 radical (unpaired) electrons. The predicted octanol–water partition coefficient (Wildman–Crippen LogP) is 1.99. The quantitative estimate of drug-likeness (QED) is 0.904. The number of piperidine rings is 1. The number of aromatic nitrogens is 2. The normalized spacial score (nSPS) is 19.3. The van der Waals surface area contributed by atoms with Crippen molar-refractivity contribution in [2.45, 2.75) is 25.3 Å². The number of imidazole rings is 1. The van der Waals surface area contributed by atoms with Crippen molar-refractivity contribution in [1.82, 2.24) is 14.9 Å². The second-order valence-electron chi connectivity index (χ2n) is 5.71. The molecule has 1 aromatic carbocycles. The minimum atomic E-state index is 0.719. The third-order valence-corrected chi connectivity index (χ3v) is 4.55. The van der Waals surface area contributed by atoms with Crippen molar-refractivity contribution in [3.8, 4) is 5.69 Å². The summed E-state index contributed by atoms with van der Waals surface area (Å²) in [6, 6.07) is 7.54. The molecular weight excluding hydrogens is 248 g/mol. The first-order chi connectivity index (χ1) is 9.92. The molecule has 0 atom stereocenters. The maximum absolute atomic E-state index is 4.13. The first-order valence-electron chi connectivity index (χ1n) is 7.50. The summed E-state index contributed by atoms with van der Waals surface area (Å²) in [5.41, 5.74) is 4.14. The Balaban J connectivity index is 1.62. The number of nitrogens with zero attached hydrogens (tertiary/aromatic N) is 3. The number of hydrogen-bond donors (Lipinski definition) is 1. The number of hydrogen-bond acceptors (Lipinski definition) is 3. The Hall–Kier alpha value is -1.81. The standard InChI is InChI=1S/C16H20N4/c1-2-16-13(11-15(1)19-10-8-18-12-19)5-9-20(16)14-3-6-17-7-4-14/h1-2,8,10-12,14,17H,3-7,9H2. The molecule has 2 aromatic rings. The first-order valence-corrected chi connectivity index (χ1v) is 7.50. The van der Waals surface area contributed by atoms with E-state index in [-0.39, 0.29) is 0 Å². The van der Waals surface area contributed by atoms with Crippen LogP contribution in [-0.2, 0) is 6.42 Å². The summed E-state index contributed by atoms with van der Waals surface area (Å²) in [6.45, 7) is 3.49. The zero-order valence-corrected chi connectivity index (χ0v) is 11.6. The van der Waals surface area contributed by atoms with Crippen LogP contribution in [0.25, 0.3) is 5.69 Å². The van der Waals surface area contributed by atoms with Crippen molar-refractivity contribution in [2.24, 2.45) is 0 Å². The zero-order chi connectivity index (χ0) is 13.4. The highest BCUT2D eigenvalue weighted by Gasteiger charge is 2.27. The lowest BCUT2D eigenvalue weighted by atomic mass is 10.0. The Bertz CT molecular complexity index is 585. The van der Waals surface area contributed by atoms with Gasteiger partial charge in [-0.1, -0.05) is 0 Å². The summed E-state index contributed by atoms with van der Waals surface area (Å²) in [5, 5.41) is 3.45. The molecule has 0 bridgehead atoms. The fourth-order valence-corrected chi connectivity index (χ4v) is 3.48. The molecule has 0 spiro atoms. The molecule has 4 nitrogen and oxygen atoms in total. The van der Waals surface area contributed by atoms with E-state index in [1.807, 2.05) is 18.7 Å². The molecule has 2 aliphatic heterocycles. The zero-order valence-electron chi connectivity index (χ0n) is 11.6. The summed E-state index contributed by atoms with van der Waals surface area (Å²) in [6.07, 6.45) is 9.39. The molecule has 4 heteroatoms. The van der Waals surface area contributed by atoms with Gasteiger partial charge in [0.1, 0.15) is 0 Å². The van der Waals surface area contributed by atoms with Crippen LogP contribution in [0.15, 0.2) is 36.9 Å². The van der Waals surface area contributed by atoms with Gasteiger partial charge in [-0.25, -0.2) is 4.98 Å². The Labute approximate surface area is 119 Å². The molecular formula is C16H20N4. The van der Waals surface area contributed by atoms with E-state index in [0.717, 1.165) is 19.1 Å². The van der Waals surface area contributed by atoms with Gasteiger partial charge in [0.2, 0.25) is 0 Å². The number of benzene rings is 1. The van der Waals surface area contributed by atoms with Gasteiger partial charge in [-0.3, -0.25) is 0 Å². The van der Waals surface area contributed by atoms with Gasteiger partial charge in [0, 0.05) is 36.4 Å². The number of anilines is 1. The fourth-order valence-electron chi connectivity index (χ4n) is 3.48. The number of nitrogens with one attached hydrogen (secondary N) is 1. The molecule has 0 amide bonds. The Morgan fingerprint density at radius 3 is 2.90 bits per heavy atom. The Morgan fingerprint density at radius 1 is 1.20 bits per heavy atom. The lowest BCUT2D eigenvalue weighted by molar-refractivity contribution is 0.435. The van der Waals surface area contributed by atoms with E-state index in [2.05, 4.69) is 38.0 Å². The molecule has 1 fully saturated rings. The van der Waals surface area contributed by atoms with Crippen LogP contribution in [0.2, 0.25) is 0 Å². The minimum Gasteiger partial charge on any atom is -0.368 e. The maximum atomic E-state index is 4.13. The van der Waals surface area contributed by atoms with E-state index >= 15 is 0 Å². The number of rotatable bonds is 2. The summed E-state index contributed by atoms with van der Waals surface area (Å²) >= 11 is 0. The molecule has 0 unspecified atom stereocenters. The topological polar surface area (TPSA) is 33.1 Å². The molecule has 3 heterocycles. The van der Waals surface area contributed by atoms with E-state index in [4.69, 9.17) is 0 Å². The van der Waals surface area contributed by atoms with Crippen LogP contribution in [0.3, 0.4) is 0 Å². The molecule has 20 heavy (non-hydrogen) atoms. The molecule has 1 aromatic heterocycles. The lowest BCUT2D eigenvalue weighted by Crippen LogP contribution is -2.42. The van der Waals surface area contributed by atoms with Crippen molar-refractivity contribution in [2.75, 3.05) is 24.5 Å². The lowest BCUT2D eigenvalue weighted by Gasteiger charge is -2.33. The molecule has 4 rings (SSSR count). The monoisotopic (exact) mass is 268 g/mol. The van der Waals surface area contributed by atoms with Gasteiger partial charge in [0.15, 0.2) is 0 Å². The summed E-state index contributed by atoms with van der Waals surface area (Å²) in [4.78, 5) is 6.75. The highest BCUT2D eigenvalue weighted by atomic mass is 15.2. The van der Waals surface area contributed by atoms with Gasteiger partial charge in [0.05, 0.1) is 6.33 Å². The highest BCUT2D eigenvalue weighted by Crippen LogP contribution is 2.33. The van der Waals surface area contributed by atoms with Crippen LogP contribution in [0, 0.1) is 0 Å². The van der Waals surface area contributed by atoms with E-state index in [0.29, 0.717) is 0 Å². The Morgan fingerprint density at radius 2 is 2.10 bits per heavy atom. The molecule has 0 aliphatic carbocycles. The molecule has 1 N–H and O–H groups in total. The minimum absolute atomic E-state index is 0.719. The van der Waals surface area contributed by atoms with Gasteiger partial charge < -0.3 is 14.8 Å². The second-order valence-corrected chi connectivity index (χ2v) is 5.71. The fraction of sp³-hybridized carbons (Fsp3) is 0.438. The summed E-state index contributed by atoms with van der Waals surface area (Å²) in [5.74, 6) is 0. The van der Waals surface area contributed by atoms with Crippen LogP contribution in [0.5, 0.6) is 0 Å². The Kier molecular flexibility index (Phi) is 2.96. The molecule has 104 valence electrons. The average Bonchev–Trinajstić information content (AvgIpc) is 3.17. The largest absolute Gasteiger partial charge is 0.368 e. The second kappa shape index (κ2) is 4.94. The molecule has 0 saturated carbocycles. The first kappa shape index (κ1) is 12.0. The van der Waals surface area contributed by atoms with Crippen LogP contribution in [-0.4, -0.2) is 35.2 Å². The maximum Gasteiger partial charge on any atom is 0.0991 e. The van der Waals surface area contributed by atoms with E-state index < -0.39 is 0 Å². The van der Waals surface area contributed by atoms with Crippen LogP contribution >= 0.6 is 0 Å². The highest BCUT2D eigenvalue weighted by molar-refractivity contribution is 5.62. The van der Waals surface area contributed by atoms with Crippen molar-refractivity contribution < 1.29 is 0 Å². The predicted molar refractivity (Wildman–Crippen MR) is 80.5 cm³/mol. The average molecular weight is 268 g/mol. The number of fused-ring (bicyclic) bond motifs is 1. The van der Waals surface area contributed by atoms with Crippen molar-refractivity contribution in [3.63, 3.8) is 0 Å². The van der Waals surface area contributed by atoms with Gasteiger partial charge in [-0.15, -0.1) is 0 Å². The van der Waals surface area contributed by atoms with Gasteiger partial charge in [-0.05, 0) is 56.1 Å². The van der Waals surface area contributed by atoms with Gasteiger partial charge in [0.25, 0.3) is 0 Å². The SMILES string of the molecule is c1cn(-c2ccc3c(c2)CCN3C2CCNCC2)cn1. The van der Waals surface area contributed by atoms with Crippen molar-refractivity contribution >= 4 is 5.69 Å². The third kappa shape index (κ3) is 2.00. The van der Waals surface area contributed by atoms with Gasteiger partial charge in [-0.2, -0.15) is 0 Å². The van der Waals surface area contributed by atoms with Crippen LogP contribution in [0.1, 0.15) is 18.4 Å². The summed E-state index contributed by atoms with van der Waals surface area (Å²) < 4.78 is 2.08. The van der Waals surface area contributed by atoms with E-state index in [9.17, 15) is 0 Å². The summed E-state index contributed by atoms with van der Waals surface area (Å²) in [7, 11) is 0. The van der Waals surface area contributed by atoms with Crippen molar-refractivity contribution in [3.05, 3.63) is 42.5 Å². The van der Waals surface area contributed by atoms with E-state index in [1.165, 1.54) is 42.7 Å². The van der Waals surface area contributed by atoms with E-state index in [1.54, 1.807) is 0 Å². The van der Waals surface area contributed by atoms with Crippen molar-refractivity contribution in [1.29, 1.82) is 0 Å².